The number of carboxylic acid groups (broad SMARTS) is 1. The normalized spacial score (nSPS) is 5.36. The van der Waals surface area contributed by atoms with Crippen LogP contribution in [0.5, 0.6) is 0 Å². The van der Waals surface area contributed by atoms with E-state index in [0.29, 0.717) is 11.8 Å². The van der Waals surface area contributed by atoms with Crippen LogP contribution in [-0.4, -0.2) is 22.8 Å². The minimum absolute atomic E-state index is 0. The first kappa shape index (κ1) is 50.4. The molecule has 0 heterocycles. The maximum atomic E-state index is 10.6. The van der Waals surface area contributed by atoms with Crippen LogP contribution in [0.15, 0.2) is 24.3 Å². The van der Waals surface area contributed by atoms with Gasteiger partial charge in [-0.1, -0.05) is 0 Å². The Morgan fingerprint density at radius 2 is 1.00 bits per heavy atom. The van der Waals surface area contributed by atoms with Crippen molar-refractivity contribution < 1.29 is 72.0 Å². The van der Waals surface area contributed by atoms with Gasteiger partial charge in [0, 0.05) is 39.8 Å². The molecule has 0 atom stereocenters. The Balaban J connectivity index is -0.0000000410. The van der Waals surface area contributed by atoms with E-state index in [0.717, 1.165) is 5.69 Å². The third kappa shape index (κ3) is 32.3. The summed E-state index contributed by atoms with van der Waals surface area (Å²) in [7, 11) is 0. The Morgan fingerprint density at radius 3 is 1.18 bits per heavy atom. The maximum Gasteiger partial charge on any atom is 0 e. The summed E-state index contributed by atoms with van der Waals surface area (Å²) in [5.41, 5.74) is 1.13. The van der Waals surface area contributed by atoms with Crippen molar-refractivity contribution >= 4 is 36.9 Å². The molecular weight excluding hydrogens is 498 g/mol. The molecule has 1 N–H and O–H groups in total. The van der Waals surface area contributed by atoms with E-state index in [9.17, 15) is 4.79 Å². The second-order valence-corrected chi connectivity index (χ2v) is 3.17. The summed E-state index contributed by atoms with van der Waals surface area (Å²) in [5, 5.41) is 8.67. The molecule has 1 rings (SSSR count). The molecule has 0 aliphatic carbocycles. The van der Waals surface area contributed by atoms with E-state index >= 15 is 0 Å². The van der Waals surface area contributed by atoms with Gasteiger partial charge in [-0.05, 0) is 24.3 Å². The zero-order valence-electron chi connectivity index (χ0n) is 13.5. The number of hydrogen-bond donors (Lipinski definition) is 1. The van der Waals surface area contributed by atoms with E-state index in [1.807, 2.05) is 0 Å². The van der Waals surface area contributed by atoms with Crippen molar-refractivity contribution in [2.75, 3.05) is 16.7 Å². The summed E-state index contributed by atoms with van der Waals surface area (Å²) in [6.07, 6.45) is 0. The molecule has 0 amide bonds. The zero-order chi connectivity index (χ0) is 22.6. The fourth-order valence-electron chi connectivity index (χ4n) is 1.00. The van der Waals surface area contributed by atoms with Crippen LogP contribution >= 0.6 is 0 Å². The van der Waals surface area contributed by atoms with Crippen LogP contribution in [0.1, 0.15) is 10.4 Å². The quantitative estimate of drug-likeness (QED) is 0.278. The largest absolute Gasteiger partial charge is 0 e. The van der Waals surface area contributed by atoms with E-state index in [2.05, 4.69) is 39.9 Å². The summed E-state index contributed by atoms with van der Waals surface area (Å²) in [4.78, 5) is 12.4. The van der Waals surface area contributed by atoms with Crippen LogP contribution in [0, 0.1) is 39.9 Å². The van der Waals surface area contributed by atoms with Gasteiger partial charge in [0.25, 0.3) is 0 Å². The molecule has 1 aromatic carbocycles. The van der Waals surface area contributed by atoms with Gasteiger partial charge in [-0.25, -0.2) is 4.79 Å². The second kappa shape index (κ2) is 56.2. The Labute approximate surface area is 194 Å². The van der Waals surface area contributed by atoms with Crippen LogP contribution in [0.4, 0.5) is 5.69 Å². The molecule has 0 aliphatic heterocycles. The van der Waals surface area contributed by atoms with Gasteiger partial charge in [0.15, 0.2) is 0 Å². The van der Waals surface area contributed by atoms with Crippen LogP contribution < -0.4 is 4.90 Å². The predicted octanol–water partition coefficient (Wildman–Crippen LogP) is 0.970. The molecule has 9 nitrogen and oxygen atoms in total. The van der Waals surface area contributed by atoms with Gasteiger partial charge in [0.05, 0.1) is 5.56 Å². The van der Waals surface area contributed by atoms with Gasteiger partial charge in [-0.15, -0.1) is 11.8 Å². The first-order valence-corrected chi connectivity index (χ1v) is 6.31. The van der Waals surface area contributed by atoms with E-state index in [-0.39, 0.29) is 39.7 Å². The monoisotopic (exact) mass is 507 g/mol. The molecule has 0 aliphatic rings. The zero-order valence-corrected chi connectivity index (χ0v) is 17.3. The Bertz CT molecular complexity index is 507. The van der Waals surface area contributed by atoms with Crippen LogP contribution in [-0.2, 0) is 87.3 Å². The van der Waals surface area contributed by atoms with Crippen molar-refractivity contribution in [1.82, 2.24) is 0 Å². The number of rotatable bonds is 4. The van der Waals surface area contributed by atoms with Gasteiger partial charge >= 0.3 is 73.8 Å². The topological polar surface area (TPSA) is 160 Å². The number of benzene rings is 1. The third-order valence-electron chi connectivity index (χ3n) is 1.79. The summed E-state index contributed by atoms with van der Waals surface area (Å²) < 4.78 is 45.0. The number of aromatic carboxylic acids is 1. The molecule has 0 saturated heterocycles. The minimum atomic E-state index is -0.931. The molecule has 28 heavy (non-hydrogen) atoms. The maximum absolute atomic E-state index is 10.6. The van der Waals surface area contributed by atoms with Crippen molar-refractivity contribution in [2.45, 2.75) is 0 Å². The molecule has 0 radical (unpaired) electrons. The van der Waals surface area contributed by atoms with Gasteiger partial charge in [0.2, 0.25) is 0 Å². The molecule has 0 unspecified atom stereocenters. The first-order chi connectivity index (χ1) is 12.7. The summed E-state index contributed by atoms with van der Waals surface area (Å²) in [6, 6.07) is 6.51. The van der Waals surface area contributed by atoms with Crippen molar-refractivity contribution in [2.24, 2.45) is 0 Å². The van der Waals surface area contributed by atoms with Gasteiger partial charge in [-0.3, -0.25) is 0 Å². The second-order valence-electron chi connectivity index (χ2n) is 2.65. The van der Waals surface area contributed by atoms with Crippen LogP contribution in [0.25, 0.3) is 0 Å². The molecule has 0 bridgehead atoms. The fraction of sp³-hybridized carbons (Fsp3) is 0.133. The molecule has 0 fully saturated rings. The average Bonchev–Trinajstić information content (AvgIpc) is 2.78. The molecule has 152 valence electrons. The van der Waals surface area contributed by atoms with Crippen LogP contribution in [0.2, 0.25) is 0 Å². The standard InChI is InChI=1S/C9H11NO2S2.6CO.2Fe/c11-9(12)7-1-3-8(4-2-7)10(5-13)6-14;6*1-2;;/h1-4,13-14H,5-6H2,(H,11,12);;;;;;;;/p-2. The van der Waals surface area contributed by atoms with Crippen molar-refractivity contribution in [3.05, 3.63) is 69.7 Å². The number of nitrogens with zero attached hydrogens (tertiary/aromatic N) is 1. The number of carboxylic acids is 1. The van der Waals surface area contributed by atoms with E-state index in [1.165, 1.54) is 0 Å². The SMILES string of the molecule is O=C(O)c1ccc(N(C[S-])C[S-])cc1.[C-]#[O+].[C-]#[O+].[C-]#[O+].[C-]#[O+].[C-]#[O+].[C-]#[O+].[Fe].[Fe]. The average molecular weight is 507 g/mol. The minimum Gasteiger partial charge on any atom is 0 e. The Morgan fingerprint density at radius 1 is 0.750 bits per heavy atom. The number of anilines is 1. The van der Waals surface area contributed by atoms with E-state index in [4.69, 9.17) is 58.3 Å². The number of carbonyl (C=O) groups is 1. The molecular formula is C15H9Fe2NO8S2-2. The Kier molecular flexibility index (Phi) is 101. The summed E-state index contributed by atoms with van der Waals surface area (Å²) >= 11 is 9.76. The Hall–Kier alpha value is -1.33. The summed E-state index contributed by atoms with van der Waals surface area (Å²) in [6.45, 7) is 27.0. The smallest absolute Gasteiger partial charge is 0 e. The van der Waals surface area contributed by atoms with Crippen LogP contribution in [0.3, 0.4) is 0 Å². The molecule has 13 heteroatoms. The summed E-state index contributed by atoms with van der Waals surface area (Å²) in [5.74, 6) is -0.105. The van der Waals surface area contributed by atoms with E-state index in [1.54, 1.807) is 29.2 Å². The van der Waals surface area contributed by atoms with Crippen molar-refractivity contribution in [3.63, 3.8) is 0 Å². The fourth-order valence-corrected chi connectivity index (χ4v) is 1.60. The third-order valence-corrected chi connectivity index (χ3v) is 2.41. The van der Waals surface area contributed by atoms with Gasteiger partial charge in [-0.2, -0.15) is 0 Å². The van der Waals surface area contributed by atoms with Crippen molar-refractivity contribution in [3.8, 4) is 0 Å². The molecule has 1 aromatic rings. The molecule has 0 saturated carbocycles. The molecule has 0 aromatic heterocycles. The molecule has 0 spiro atoms. The van der Waals surface area contributed by atoms with Gasteiger partial charge in [0.1, 0.15) is 0 Å². The van der Waals surface area contributed by atoms with Gasteiger partial charge < -0.3 is 35.3 Å². The number of hydrogen-bond acceptors (Lipinski definition) is 4. The van der Waals surface area contributed by atoms with Crippen molar-refractivity contribution in [1.29, 1.82) is 0 Å². The predicted molar refractivity (Wildman–Crippen MR) is 83.9 cm³/mol. The first-order valence-electron chi connectivity index (χ1n) is 5.16. The van der Waals surface area contributed by atoms with E-state index < -0.39 is 5.97 Å².